The third-order valence-electron chi connectivity index (χ3n) is 3.34. The van der Waals surface area contributed by atoms with Gasteiger partial charge in [0.15, 0.2) is 9.84 Å². The van der Waals surface area contributed by atoms with Gasteiger partial charge in [0.25, 0.3) is 0 Å². The highest BCUT2D eigenvalue weighted by Gasteiger charge is 2.27. The van der Waals surface area contributed by atoms with Gasteiger partial charge in [-0.15, -0.1) is 0 Å². The number of hydrogen-bond donors (Lipinski definition) is 1. The molecule has 1 aromatic heterocycles. The molecule has 0 aliphatic carbocycles. The lowest BCUT2D eigenvalue weighted by Crippen LogP contribution is -2.28. The zero-order valence-electron chi connectivity index (χ0n) is 10.1. The maximum Gasteiger partial charge on any atom is 0.152 e. The van der Waals surface area contributed by atoms with Crippen LogP contribution in [-0.4, -0.2) is 36.2 Å². The molecular weight excluding hydrogens is 238 g/mol. The van der Waals surface area contributed by atoms with Crippen LogP contribution in [0, 0.1) is 6.92 Å². The average Bonchev–Trinajstić information content (AvgIpc) is 2.60. The molecule has 5 nitrogen and oxygen atoms in total. The molecular formula is C11H19N3O2S. The van der Waals surface area contributed by atoms with E-state index in [1.165, 1.54) is 0 Å². The highest BCUT2D eigenvalue weighted by Crippen LogP contribution is 2.24. The standard InChI is InChI=1S/C11H19N3O2S/c1-9-10(4-5-12)7-13-14(9)11-3-2-6-17(15,16)8-11/h7,11H,2-6,8,12H2,1H3. The van der Waals surface area contributed by atoms with E-state index >= 15 is 0 Å². The summed E-state index contributed by atoms with van der Waals surface area (Å²) in [5, 5.41) is 4.32. The van der Waals surface area contributed by atoms with Gasteiger partial charge in [-0.3, -0.25) is 4.68 Å². The summed E-state index contributed by atoms with van der Waals surface area (Å²) in [6.45, 7) is 2.58. The van der Waals surface area contributed by atoms with E-state index in [4.69, 9.17) is 5.73 Å². The van der Waals surface area contributed by atoms with Crippen molar-refractivity contribution < 1.29 is 8.42 Å². The molecule has 1 unspecified atom stereocenters. The van der Waals surface area contributed by atoms with Crippen molar-refractivity contribution in [2.24, 2.45) is 5.73 Å². The van der Waals surface area contributed by atoms with Gasteiger partial charge in [0, 0.05) is 5.69 Å². The molecule has 0 bridgehead atoms. The van der Waals surface area contributed by atoms with E-state index in [9.17, 15) is 8.42 Å². The summed E-state index contributed by atoms with van der Waals surface area (Å²) in [6, 6.07) is 0.000254. The first-order valence-corrected chi connectivity index (χ1v) is 7.79. The van der Waals surface area contributed by atoms with Crippen molar-refractivity contribution >= 4 is 9.84 Å². The minimum Gasteiger partial charge on any atom is -0.330 e. The van der Waals surface area contributed by atoms with E-state index in [2.05, 4.69) is 5.10 Å². The molecule has 0 radical (unpaired) electrons. The Kier molecular flexibility index (Phi) is 3.53. The maximum absolute atomic E-state index is 11.6. The zero-order chi connectivity index (χ0) is 12.5. The summed E-state index contributed by atoms with van der Waals surface area (Å²) in [5.74, 6) is 0.539. The first-order chi connectivity index (χ1) is 8.03. The van der Waals surface area contributed by atoms with Crippen molar-refractivity contribution in [3.63, 3.8) is 0 Å². The third-order valence-corrected chi connectivity index (χ3v) is 5.15. The van der Waals surface area contributed by atoms with Crippen LogP contribution in [0.15, 0.2) is 6.20 Å². The second kappa shape index (κ2) is 4.78. The minimum atomic E-state index is -2.89. The van der Waals surface area contributed by atoms with Crippen LogP contribution in [0.25, 0.3) is 0 Å². The van der Waals surface area contributed by atoms with Crippen molar-refractivity contribution in [2.75, 3.05) is 18.1 Å². The van der Waals surface area contributed by atoms with E-state index < -0.39 is 9.84 Å². The zero-order valence-corrected chi connectivity index (χ0v) is 10.9. The molecule has 1 aliphatic heterocycles. The number of sulfone groups is 1. The van der Waals surface area contributed by atoms with E-state index in [1.807, 2.05) is 17.8 Å². The quantitative estimate of drug-likeness (QED) is 0.852. The van der Waals surface area contributed by atoms with Crippen molar-refractivity contribution in [1.29, 1.82) is 0 Å². The topological polar surface area (TPSA) is 78.0 Å². The largest absolute Gasteiger partial charge is 0.330 e. The molecule has 0 saturated carbocycles. The normalized spacial score (nSPS) is 23.8. The third kappa shape index (κ3) is 2.69. The van der Waals surface area contributed by atoms with E-state index in [-0.39, 0.29) is 11.8 Å². The van der Waals surface area contributed by atoms with Gasteiger partial charge in [0.1, 0.15) is 0 Å². The molecule has 2 N–H and O–H groups in total. The van der Waals surface area contributed by atoms with Gasteiger partial charge in [0.2, 0.25) is 0 Å². The fourth-order valence-corrected chi connectivity index (χ4v) is 4.09. The van der Waals surface area contributed by atoms with Crippen molar-refractivity contribution in [1.82, 2.24) is 9.78 Å². The molecule has 0 amide bonds. The van der Waals surface area contributed by atoms with Gasteiger partial charge in [-0.1, -0.05) is 0 Å². The minimum absolute atomic E-state index is 0.000254. The second-order valence-electron chi connectivity index (χ2n) is 4.65. The van der Waals surface area contributed by atoms with Crippen molar-refractivity contribution in [3.05, 3.63) is 17.5 Å². The van der Waals surface area contributed by atoms with E-state index in [0.29, 0.717) is 12.3 Å². The summed E-state index contributed by atoms with van der Waals surface area (Å²) in [5.41, 5.74) is 7.70. The van der Waals surface area contributed by atoms with Crippen LogP contribution in [-0.2, 0) is 16.3 Å². The van der Waals surface area contributed by atoms with Crippen LogP contribution in [0.5, 0.6) is 0 Å². The van der Waals surface area contributed by atoms with E-state index in [0.717, 1.165) is 30.5 Å². The average molecular weight is 257 g/mol. The number of hydrogen-bond acceptors (Lipinski definition) is 4. The second-order valence-corrected chi connectivity index (χ2v) is 6.88. The molecule has 1 atom stereocenters. The molecule has 1 fully saturated rings. The van der Waals surface area contributed by atoms with Crippen LogP contribution in [0.2, 0.25) is 0 Å². The molecule has 1 aliphatic rings. The Morgan fingerprint density at radius 2 is 2.35 bits per heavy atom. The molecule has 0 aromatic carbocycles. The predicted molar refractivity (Wildman–Crippen MR) is 66.6 cm³/mol. The summed E-state index contributed by atoms with van der Waals surface area (Å²) in [7, 11) is -2.89. The van der Waals surface area contributed by atoms with Gasteiger partial charge in [0.05, 0.1) is 23.7 Å². The predicted octanol–water partition coefficient (Wildman–Crippen LogP) is 0.442. The van der Waals surface area contributed by atoms with Crippen LogP contribution in [0.1, 0.15) is 30.1 Å². The summed E-state index contributed by atoms with van der Waals surface area (Å²) in [4.78, 5) is 0. The van der Waals surface area contributed by atoms with Crippen LogP contribution < -0.4 is 5.73 Å². The molecule has 2 rings (SSSR count). The summed E-state index contributed by atoms with van der Waals surface area (Å²) >= 11 is 0. The van der Waals surface area contributed by atoms with Crippen molar-refractivity contribution in [3.8, 4) is 0 Å². The molecule has 1 aromatic rings. The Hall–Kier alpha value is -0.880. The van der Waals surface area contributed by atoms with E-state index in [1.54, 1.807) is 0 Å². The first-order valence-electron chi connectivity index (χ1n) is 5.97. The van der Waals surface area contributed by atoms with Gasteiger partial charge in [-0.25, -0.2) is 8.42 Å². The fraction of sp³-hybridized carbons (Fsp3) is 0.727. The highest BCUT2D eigenvalue weighted by molar-refractivity contribution is 7.91. The fourth-order valence-electron chi connectivity index (χ4n) is 2.42. The highest BCUT2D eigenvalue weighted by atomic mass is 32.2. The number of rotatable bonds is 3. The SMILES string of the molecule is Cc1c(CCN)cnn1C1CCCS(=O)(=O)C1. The lowest BCUT2D eigenvalue weighted by atomic mass is 10.1. The van der Waals surface area contributed by atoms with Gasteiger partial charge in [-0.05, 0) is 38.3 Å². The summed E-state index contributed by atoms with van der Waals surface area (Å²) < 4.78 is 25.1. The van der Waals surface area contributed by atoms with Gasteiger partial charge in [-0.2, -0.15) is 5.10 Å². The molecule has 1 saturated heterocycles. The molecule has 6 heteroatoms. The molecule has 17 heavy (non-hydrogen) atoms. The first kappa shape index (κ1) is 12.6. The number of nitrogens with zero attached hydrogens (tertiary/aromatic N) is 2. The lowest BCUT2D eigenvalue weighted by Gasteiger charge is -2.23. The Balaban J connectivity index is 2.22. The van der Waals surface area contributed by atoms with Crippen molar-refractivity contribution in [2.45, 2.75) is 32.2 Å². The Bertz CT molecular complexity index is 493. The Morgan fingerprint density at radius 1 is 1.59 bits per heavy atom. The van der Waals surface area contributed by atoms with Crippen LogP contribution in [0.4, 0.5) is 0 Å². The van der Waals surface area contributed by atoms with Gasteiger partial charge < -0.3 is 5.73 Å². The maximum atomic E-state index is 11.6. The molecule has 96 valence electrons. The van der Waals surface area contributed by atoms with Gasteiger partial charge >= 0.3 is 0 Å². The monoisotopic (exact) mass is 257 g/mol. The molecule has 2 heterocycles. The Labute approximate surface area is 102 Å². The smallest absolute Gasteiger partial charge is 0.152 e. The summed E-state index contributed by atoms with van der Waals surface area (Å²) in [6.07, 6.45) is 4.23. The number of nitrogens with two attached hydrogens (primary N) is 1. The van der Waals surface area contributed by atoms with Crippen LogP contribution in [0.3, 0.4) is 0 Å². The molecule has 0 spiro atoms. The lowest BCUT2D eigenvalue weighted by molar-refractivity contribution is 0.427. The van der Waals surface area contributed by atoms with Crippen LogP contribution >= 0.6 is 0 Å². The number of aromatic nitrogens is 2. The Morgan fingerprint density at radius 3 is 3.00 bits per heavy atom.